The molecule has 1 saturated heterocycles. The third-order valence-corrected chi connectivity index (χ3v) is 4.14. The number of rotatable bonds is 6. The van der Waals surface area contributed by atoms with E-state index in [0.717, 1.165) is 26.1 Å². The summed E-state index contributed by atoms with van der Waals surface area (Å²) in [6, 6.07) is 2.11. The summed E-state index contributed by atoms with van der Waals surface area (Å²) in [6.07, 6.45) is 3.91. The summed E-state index contributed by atoms with van der Waals surface area (Å²) in [6.45, 7) is 7.71. The number of hydrogen-bond donors (Lipinski definition) is 2. The fraction of sp³-hybridized carbons (Fsp3) is 0.600. The molecule has 116 valence electrons. The van der Waals surface area contributed by atoms with E-state index in [1.54, 1.807) is 12.3 Å². The maximum Gasteiger partial charge on any atom is 0.252 e. The standard InChI is InChI=1S/C15H23ClN4O/c1-3-17-14-13(16)8-11(9-18-14)15(21)19-10-12-6-5-7-20(12)4-2/h8-9,12H,3-7,10H2,1-2H3,(H,17,18)(H,19,21). The van der Waals surface area contributed by atoms with Crippen LogP contribution in [0.5, 0.6) is 0 Å². The Bertz CT molecular complexity index is 495. The number of hydrogen-bond acceptors (Lipinski definition) is 4. The molecule has 0 spiro atoms. The van der Waals surface area contributed by atoms with Crippen LogP contribution in [0, 0.1) is 0 Å². The van der Waals surface area contributed by atoms with Gasteiger partial charge in [-0.1, -0.05) is 18.5 Å². The Hall–Kier alpha value is -1.33. The molecule has 5 nitrogen and oxygen atoms in total. The molecule has 2 rings (SSSR count). The molecule has 2 heterocycles. The van der Waals surface area contributed by atoms with E-state index in [4.69, 9.17) is 11.6 Å². The lowest BCUT2D eigenvalue weighted by Crippen LogP contribution is -2.40. The van der Waals surface area contributed by atoms with Crippen LogP contribution in [-0.2, 0) is 0 Å². The molecule has 6 heteroatoms. The predicted molar refractivity (Wildman–Crippen MR) is 86.0 cm³/mol. The maximum atomic E-state index is 12.2. The first-order valence-corrected chi connectivity index (χ1v) is 7.95. The topological polar surface area (TPSA) is 57.3 Å². The van der Waals surface area contributed by atoms with Gasteiger partial charge in [0, 0.05) is 25.3 Å². The van der Waals surface area contributed by atoms with Crippen molar-refractivity contribution in [3.8, 4) is 0 Å². The molecule has 1 amide bonds. The van der Waals surface area contributed by atoms with Crippen LogP contribution in [0.1, 0.15) is 37.0 Å². The van der Waals surface area contributed by atoms with E-state index in [-0.39, 0.29) is 5.91 Å². The number of likely N-dealkylation sites (tertiary alicyclic amines) is 1. The second kappa shape index (κ2) is 7.61. The fourth-order valence-corrected chi connectivity index (χ4v) is 2.95. The normalized spacial score (nSPS) is 18.7. The van der Waals surface area contributed by atoms with E-state index in [1.807, 2.05) is 6.92 Å². The Morgan fingerprint density at radius 3 is 3.00 bits per heavy atom. The van der Waals surface area contributed by atoms with Gasteiger partial charge in [-0.3, -0.25) is 9.69 Å². The number of nitrogens with zero attached hydrogens (tertiary/aromatic N) is 2. The lowest BCUT2D eigenvalue weighted by molar-refractivity contribution is 0.0941. The average Bonchev–Trinajstić information content (AvgIpc) is 2.94. The van der Waals surface area contributed by atoms with Gasteiger partial charge in [-0.05, 0) is 38.9 Å². The third-order valence-electron chi connectivity index (χ3n) is 3.85. The van der Waals surface area contributed by atoms with Gasteiger partial charge in [0.15, 0.2) is 0 Å². The fourth-order valence-electron chi connectivity index (χ4n) is 2.71. The van der Waals surface area contributed by atoms with E-state index < -0.39 is 0 Å². The summed E-state index contributed by atoms with van der Waals surface area (Å²) in [5.74, 6) is 0.499. The van der Waals surface area contributed by atoms with Gasteiger partial charge in [0.1, 0.15) is 5.82 Å². The number of nitrogens with one attached hydrogen (secondary N) is 2. The first-order chi connectivity index (χ1) is 10.2. The number of carbonyl (C=O) groups excluding carboxylic acids is 1. The summed E-state index contributed by atoms with van der Waals surface area (Å²) in [4.78, 5) is 18.8. The molecule has 21 heavy (non-hydrogen) atoms. The third kappa shape index (κ3) is 4.08. The van der Waals surface area contributed by atoms with Crippen molar-refractivity contribution in [1.82, 2.24) is 15.2 Å². The van der Waals surface area contributed by atoms with Gasteiger partial charge in [-0.2, -0.15) is 0 Å². The number of likely N-dealkylation sites (N-methyl/N-ethyl adjacent to an activating group) is 1. The summed E-state index contributed by atoms with van der Waals surface area (Å²) in [5, 5.41) is 6.51. The first-order valence-electron chi connectivity index (χ1n) is 7.57. The van der Waals surface area contributed by atoms with Gasteiger partial charge in [-0.25, -0.2) is 4.98 Å². The highest BCUT2D eigenvalue weighted by Gasteiger charge is 2.23. The molecule has 0 aliphatic carbocycles. The monoisotopic (exact) mass is 310 g/mol. The Labute approximate surface area is 131 Å². The minimum atomic E-state index is -0.115. The highest BCUT2D eigenvalue weighted by molar-refractivity contribution is 6.33. The van der Waals surface area contributed by atoms with Crippen LogP contribution in [0.3, 0.4) is 0 Å². The SMILES string of the molecule is CCNc1ncc(C(=O)NCC2CCCN2CC)cc1Cl. The van der Waals surface area contributed by atoms with E-state index in [1.165, 1.54) is 6.42 Å². The Kier molecular flexibility index (Phi) is 5.82. The number of halogens is 1. The molecule has 2 N–H and O–H groups in total. The van der Waals surface area contributed by atoms with Crippen LogP contribution in [0.15, 0.2) is 12.3 Å². The lowest BCUT2D eigenvalue weighted by Gasteiger charge is -2.22. The minimum Gasteiger partial charge on any atom is -0.369 e. The van der Waals surface area contributed by atoms with Gasteiger partial charge >= 0.3 is 0 Å². The van der Waals surface area contributed by atoms with E-state index in [0.29, 0.717) is 29.0 Å². The van der Waals surface area contributed by atoms with Crippen LogP contribution in [0.2, 0.25) is 5.02 Å². The molecule has 0 radical (unpaired) electrons. The van der Waals surface area contributed by atoms with Crippen molar-refractivity contribution in [2.45, 2.75) is 32.7 Å². The van der Waals surface area contributed by atoms with Gasteiger partial charge in [0.05, 0.1) is 10.6 Å². The average molecular weight is 311 g/mol. The van der Waals surface area contributed by atoms with Crippen molar-refractivity contribution in [3.63, 3.8) is 0 Å². The van der Waals surface area contributed by atoms with Crippen LogP contribution in [-0.4, -0.2) is 48.0 Å². The Morgan fingerprint density at radius 1 is 1.52 bits per heavy atom. The second-order valence-electron chi connectivity index (χ2n) is 5.22. The van der Waals surface area contributed by atoms with Crippen LogP contribution < -0.4 is 10.6 Å². The van der Waals surface area contributed by atoms with Crippen molar-refractivity contribution in [1.29, 1.82) is 0 Å². The van der Waals surface area contributed by atoms with Crippen molar-refractivity contribution in [2.24, 2.45) is 0 Å². The summed E-state index contributed by atoms with van der Waals surface area (Å²) in [5.41, 5.74) is 0.502. The van der Waals surface area contributed by atoms with Gasteiger partial charge < -0.3 is 10.6 Å². The Balaban J connectivity index is 1.92. The van der Waals surface area contributed by atoms with Crippen LogP contribution in [0.4, 0.5) is 5.82 Å². The quantitative estimate of drug-likeness (QED) is 0.847. The molecular weight excluding hydrogens is 288 g/mol. The largest absolute Gasteiger partial charge is 0.369 e. The molecule has 1 aromatic heterocycles. The molecule has 1 unspecified atom stereocenters. The molecule has 1 fully saturated rings. The number of carbonyl (C=O) groups is 1. The molecule has 1 aliphatic heterocycles. The zero-order chi connectivity index (χ0) is 15.2. The molecule has 0 aromatic carbocycles. The van der Waals surface area contributed by atoms with Gasteiger partial charge in [0.2, 0.25) is 0 Å². The molecular formula is C15H23ClN4O. The second-order valence-corrected chi connectivity index (χ2v) is 5.63. The highest BCUT2D eigenvalue weighted by atomic mass is 35.5. The summed E-state index contributed by atoms with van der Waals surface area (Å²) < 4.78 is 0. The van der Waals surface area contributed by atoms with Crippen molar-refractivity contribution in [3.05, 3.63) is 22.8 Å². The number of amides is 1. The van der Waals surface area contributed by atoms with Crippen molar-refractivity contribution < 1.29 is 4.79 Å². The first kappa shape index (κ1) is 16.0. The summed E-state index contributed by atoms with van der Waals surface area (Å²) in [7, 11) is 0. The van der Waals surface area contributed by atoms with Crippen LogP contribution in [0.25, 0.3) is 0 Å². The van der Waals surface area contributed by atoms with Crippen LogP contribution >= 0.6 is 11.6 Å². The van der Waals surface area contributed by atoms with E-state index in [2.05, 4.69) is 27.4 Å². The Morgan fingerprint density at radius 2 is 2.33 bits per heavy atom. The van der Waals surface area contributed by atoms with Gasteiger partial charge in [-0.15, -0.1) is 0 Å². The minimum absolute atomic E-state index is 0.115. The zero-order valence-electron chi connectivity index (χ0n) is 12.7. The van der Waals surface area contributed by atoms with Crippen molar-refractivity contribution >= 4 is 23.3 Å². The van der Waals surface area contributed by atoms with E-state index in [9.17, 15) is 4.79 Å². The molecule has 1 aliphatic rings. The maximum absolute atomic E-state index is 12.2. The number of pyridine rings is 1. The lowest BCUT2D eigenvalue weighted by atomic mass is 10.2. The van der Waals surface area contributed by atoms with Crippen molar-refractivity contribution in [2.75, 3.05) is 31.5 Å². The predicted octanol–water partition coefficient (Wildman–Crippen LogP) is 2.38. The molecule has 1 atom stereocenters. The van der Waals surface area contributed by atoms with E-state index >= 15 is 0 Å². The molecule has 0 bridgehead atoms. The number of aromatic nitrogens is 1. The van der Waals surface area contributed by atoms with Gasteiger partial charge in [0.25, 0.3) is 5.91 Å². The number of anilines is 1. The zero-order valence-corrected chi connectivity index (χ0v) is 13.4. The molecule has 0 saturated carbocycles. The summed E-state index contributed by atoms with van der Waals surface area (Å²) >= 11 is 6.11. The highest BCUT2D eigenvalue weighted by Crippen LogP contribution is 2.20. The molecule has 1 aromatic rings. The smallest absolute Gasteiger partial charge is 0.252 e.